The number of ether oxygens (including phenoxy) is 1. The van der Waals surface area contributed by atoms with Crippen LogP contribution >= 0.6 is 0 Å². The van der Waals surface area contributed by atoms with Gasteiger partial charge in [-0.2, -0.15) is 0 Å². The van der Waals surface area contributed by atoms with Crippen LogP contribution in [0.3, 0.4) is 0 Å². The largest absolute Gasteiger partial charge is 0.544 e. The minimum absolute atomic E-state index is 0.0861. The van der Waals surface area contributed by atoms with Gasteiger partial charge in [0.05, 0.1) is 6.61 Å². The average molecular weight is 417 g/mol. The van der Waals surface area contributed by atoms with Gasteiger partial charge in [-0.1, -0.05) is 38.1 Å². The Hall–Kier alpha value is -1.57. The Labute approximate surface area is 173 Å². The summed E-state index contributed by atoms with van der Waals surface area (Å²) in [7, 11) is -3.05. The van der Waals surface area contributed by atoms with Gasteiger partial charge in [-0.15, -0.1) is 0 Å². The lowest BCUT2D eigenvalue weighted by Crippen LogP contribution is -2.29. The summed E-state index contributed by atoms with van der Waals surface area (Å²) in [5.74, 6) is 1.85. The van der Waals surface area contributed by atoms with Crippen molar-refractivity contribution in [3.63, 3.8) is 0 Å². The van der Waals surface area contributed by atoms with Crippen LogP contribution in [0.15, 0.2) is 48.5 Å². The van der Waals surface area contributed by atoms with Crippen LogP contribution in [0.5, 0.6) is 11.5 Å². The second-order valence-electron chi connectivity index (χ2n) is 9.70. The van der Waals surface area contributed by atoms with Crippen molar-refractivity contribution >= 4 is 16.6 Å². The highest BCUT2D eigenvalue weighted by Crippen LogP contribution is 2.33. The predicted octanol–water partition coefficient (Wildman–Crippen LogP) is 6.46. The maximum atomic E-state index is 6.07. The molecule has 0 N–H and O–H groups in total. The number of hydrogen-bond acceptors (Lipinski definition) is 3. The SMILES string of the molecule is CC(C)(c1ccc(OCCO[Si](C)(C)C)cc1)c1ccc(O[Si](C)(C)C)cc1. The molecule has 0 atom stereocenters. The minimum atomic E-state index is -1.58. The summed E-state index contributed by atoms with van der Waals surface area (Å²) in [5, 5.41) is 0. The van der Waals surface area contributed by atoms with Crippen molar-refractivity contribution in [2.24, 2.45) is 0 Å². The van der Waals surface area contributed by atoms with Gasteiger partial charge >= 0.3 is 0 Å². The summed E-state index contributed by atoms with van der Waals surface area (Å²) >= 11 is 0. The van der Waals surface area contributed by atoms with Gasteiger partial charge in [0.25, 0.3) is 0 Å². The van der Waals surface area contributed by atoms with Gasteiger partial charge < -0.3 is 13.6 Å². The molecule has 3 nitrogen and oxygen atoms in total. The van der Waals surface area contributed by atoms with Crippen LogP contribution in [-0.4, -0.2) is 29.8 Å². The zero-order valence-corrected chi connectivity index (χ0v) is 20.8. The second-order valence-corrected chi connectivity index (χ2v) is 18.6. The fourth-order valence-electron chi connectivity index (χ4n) is 2.94. The Morgan fingerprint density at radius 3 is 1.54 bits per heavy atom. The van der Waals surface area contributed by atoms with E-state index in [0.717, 1.165) is 11.5 Å². The van der Waals surface area contributed by atoms with E-state index in [0.29, 0.717) is 13.2 Å². The molecule has 2 aromatic rings. The van der Waals surface area contributed by atoms with Gasteiger partial charge in [0.15, 0.2) is 8.32 Å². The first-order chi connectivity index (χ1) is 12.9. The minimum Gasteiger partial charge on any atom is -0.544 e. The van der Waals surface area contributed by atoms with Crippen LogP contribution in [0.4, 0.5) is 0 Å². The molecular formula is C23H36O3Si2. The third-order valence-electron chi connectivity index (χ3n) is 4.46. The van der Waals surface area contributed by atoms with Crippen molar-refractivity contribution in [2.45, 2.75) is 58.5 Å². The van der Waals surface area contributed by atoms with Crippen molar-refractivity contribution in [1.29, 1.82) is 0 Å². The molecule has 0 saturated carbocycles. The van der Waals surface area contributed by atoms with E-state index in [9.17, 15) is 0 Å². The van der Waals surface area contributed by atoms with E-state index < -0.39 is 16.6 Å². The highest BCUT2D eigenvalue weighted by atomic mass is 28.4. The maximum Gasteiger partial charge on any atom is 0.242 e. The zero-order chi connectivity index (χ0) is 21.0. The monoisotopic (exact) mass is 416 g/mol. The third kappa shape index (κ3) is 7.11. The van der Waals surface area contributed by atoms with E-state index in [1.54, 1.807) is 0 Å². The summed E-state index contributed by atoms with van der Waals surface area (Å²) in [4.78, 5) is 0. The fourth-order valence-corrected chi connectivity index (χ4v) is 4.47. The number of rotatable bonds is 9. The molecule has 5 heteroatoms. The molecule has 154 valence electrons. The first-order valence-corrected chi connectivity index (χ1v) is 16.9. The smallest absolute Gasteiger partial charge is 0.242 e. The molecule has 0 aliphatic heterocycles. The summed E-state index contributed by atoms with van der Waals surface area (Å²) in [5.41, 5.74) is 2.45. The van der Waals surface area contributed by atoms with E-state index in [-0.39, 0.29) is 5.41 Å². The molecule has 0 fully saturated rings. The zero-order valence-electron chi connectivity index (χ0n) is 18.8. The molecule has 0 amide bonds. The lowest BCUT2D eigenvalue weighted by Gasteiger charge is -2.27. The Bertz CT molecular complexity index is 739. The van der Waals surface area contributed by atoms with Gasteiger partial charge in [-0.3, -0.25) is 0 Å². The molecular weight excluding hydrogens is 380 g/mol. The molecule has 2 aromatic carbocycles. The Balaban J connectivity index is 2.01. The number of hydrogen-bond donors (Lipinski definition) is 0. The van der Waals surface area contributed by atoms with Gasteiger partial charge in [0, 0.05) is 5.41 Å². The Morgan fingerprint density at radius 1 is 0.643 bits per heavy atom. The van der Waals surface area contributed by atoms with Crippen molar-refractivity contribution in [3.8, 4) is 11.5 Å². The fraction of sp³-hybridized carbons (Fsp3) is 0.478. The molecule has 0 spiro atoms. The average Bonchev–Trinajstić information content (AvgIpc) is 2.57. The van der Waals surface area contributed by atoms with Crippen LogP contribution in [0, 0.1) is 0 Å². The third-order valence-corrected chi connectivity index (χ3v) is 6.38. The highest BCUT2D eigenvalue weighted by molar-refractivity contribution is 6.70. The van der Waals surface area contributed by atoms with Gasteiger partial charge in [-0.25, -0.2) is 0 Å². The first kappa shape index (κ1) is 22.7. The maximum absolute atomic E-state index is 6.07. The number of benzene rings is 2. The summed E-state index contributed by atoms with van der Waals surface area (Å²) < 4.78 is 17.7. The lowest BCUT2D eigenvalue weighted by atomic mass is 9.78. The molecule has 2 rings (SSSR count). The summed E-state index contributed by atoms with van der Waals surface area (Å²) in [6.07, 6.45) is 0. The first-order valence-electron chi connectivity index (χ1n) is 10.0. The molecule has 0 bridgehead atoms. The van der Waals surface area contributed by atoms with E-state index >= 15 is 0 Å². The molecule has 28 heavy (non-hydrogen) atoms. The van der Waals surface area contributed by atoms with Gasteiger partial charge in [0.2, 0.25) is 8.32 Å². The molecule has 0 radical (unpaired) electrons. The van der Waals surface area contributed by atoms with Crippen molar-refractivity contribution in [3.05, 3.63) is 59.7 Å². The molecule has 0 aliphatic rings. The second kappa shape index (κ2) is 8.84. The van der Waals surface area contributed by atoms with Crippen LogP contribution < -0.4 is 9.16 Å². The predicted molar refractivity (Wildman–Crippen MR) is 124 cm³/mol. The van der Waals surface area contributed by atoms with Crippen molar-refractivity contribution < 1.29 is 13.6 Å². The van der Waals surface area contributed by atoms with Crippen LogP contribution in [0.1, 0.15) is 25.0 Å². The quantitative estimate of drug-likeness (QED) is 0.347. The lowest BCUT2D eigenvalue weighted by molar-refractivity contribution is 0.212. The van der Waals surface area contributed by atoms with E-state index in [1.165, 1.54) is 11.1 Å². The standard InChI is InChI=1S/C23H36O3Si2/c1-23(2,20-11-15-22(16-12-20)26-28(6,7)8)19-9-13-21(14-10-19)24-17-18-25-27(3,4)5/h9-16H,17-18H2,1-8H3. The van der Waals surface area contributed by atoms with E-state index in [2.05, 4.69) is 89.5 Å². The van der Waals surface area contributed by atoms with Crippen LogP contribution in [0.2, 0.25) is 39.3 Å². The Morgan fingerprint density at radius 2 is 1.11 bits per heavy atom. The topological polar surface area (TPSA) is 27.7 Å². The van der Waals surface area contributed by atoms with Crippen molar-refractivity contribution in [2.75, 3.05) is 13.2 Å². The van der Waals surface area contributed by atoms with E-state index in [4.69, 9.17) is 13.6 Å². The summed E-state index contributed by atoms with van der Waals surface area (Å²) in [6.45, 7) is 18.9. The van der Waals surface area contributed by atoms with E-state index in [1.807, 2.05) is 12.1 Å². The molecule has 0 aliphatic carbocycles. The molecule has 0 unspecified atom stereocenters. The highest BCUT2D eigenvalue weighted by Gasteiger charge is 2.24. The Kier molecular flexibility index (Phi) is 7.18. The molecule has 0 heterocycles. The molecule has 0 saturated heterocycles. The summed E-state index contributed by atoms with van der Waals surface area (Å²) in [6, 6.07) is 16.9. The molecule has 0 aromatic heterocycles. The van der Waals surface area contributed by atoms with Gasteiger partial charge in [0.1, 0.15) is 18.1 Å². The normalized spacial score (nSPS) is 12.7. The van der Waals surface area contributed by atoms with Crippen molar-refractivity contribution in [1.82, 2.24) is 0 Å². The van der Waals surface area contributed by atoms with Gasteiger partial charge in [-0.05, 0) is 74.7 Å². The van der Waals surface area contributed by atoms with Crippen LogP contribution in [-0.2, 0) is 9.84 Å². The van der Waals surface area contributed by atoms with Crippen LogP contribution in [0.25, 0.3) is 0 Å².